The zero-order valence-electron chi connectivity index (χ0n) is 16.3. The average Bonchev–Trinajstić information content (AvgIpc) is 2.75. The van der Waals surface area contributed by atoms with Gasteiger partial charge in [-0.25, -0.2) is 4.79 Å². The summed E-state index contributed by atoms with van der Waals surface area (Å²) in [6.45, 7) is 5.74. The second-order valence-corrected chi connectivity index (χ2v) is 6.65. The van der Waals surface area contributed by atoms with Crippen LogP contribution in [0, 0.1) is 0 Å². The molecule has 28 heavy (non-hydrogen) atoms. The number of rotatable bonds is 7. The third-order valence-electron chi connectivity index (χ3n) is 4.83. The fraction of sp³-hybridized carbons (Fsp3) is 0.364. The Morgan fingerprint density at radius 3 is 2.36 bits per heavy atom. The highest BCUT2D eigenvalue weighted by Gasteiger charge is 2.21. The molecule has 1 N–H and O–H groups in total. The number of piperazine rings is 1. The lowest BCUT2D eigenvalue weighted by molar-refractivity contribution is -0.131. The molecular weight excluding hydrogens is 354 g/mol. The van der Waals surface area contributed by atoms with Gasteiger partial charge in [0, 0.05) is 50.5 Å². The second-order valence-electron chi connectivity index (χ2n) is 6.65. The molecule has 1 saturated heterocycles. The normalized spacial score (nSPS) is 13.9. The van der Waals surface area contributed by atoms with Gasteiger partial charge >= 0.3 is 5.97 Å². The lowest BCUT2D eigenvalue weighted by Crippen LogP contribution is -2.49. The van der Waals surface area contributed by atoms with Gasteiger partial charge in [0.1, 0.15) is 0 Å². The SMILES string of the molecule is CCOC(=O)c1ccccc1NCCC(=O)N1CCN(c2ccccc2)CC1. The number of carbonyl (C=O) groups excluding carboxylic acids is 2. The number of hydrogen-bond acceptors (Lipinski definition) is 5. The number of nitrogens with one attached hydrogen (secondary N) is 1. The molecule has 0 unspecified atom stereocenters. The van der Waals surface area contributed by atoms with Gasteiger partial charge in [0.2, 0.25) is 5.91 Å². The maximum atomic E-state index is 12.5. The number of para-hydroxylation sites is 2. The summed E-state index contributed by atoms with van der Waals surface area (Å²) in [6.07, 6.45) is 0.391. The minimum atomic E-state index is -0.353. The number of anilines is 2. The van der Waals surface area contributed by atoms with Gasteiger partial charge in [0.25, 0.3) is 0 Å². The third kappa shape index (κ3) is 5.03. The van der Waals surface area contributed by atoms with Crippen LogP contribution in [0.1, 0.15) is 23.7 Å². The number of esters is 1. The highest BCUT2D eigenvalue weighted by Crippen LogP contribution is 2.17. The summed E-state index contributed by atoms with van der Waals surface area (Å²) in [5.41, 5.74) is 2.39. The van der Waals surface area contributed by atoms with Gasteiger partial charge in [-0.05, 0) is 31.2 Å². The monoisotopic (exact) mass is 381 g/mol. The Balaban J connectivity index is 1.46. The van der Waals surface area contributed by atoms with E-state index in [1.165, 1.54) is 5.69 Å². The molecule has 0 aromatic heterocycles. The van der Waals surface area contributed by atoms with Crippen LogP contribution in [-0.4, -0.2) is 56.1 Å². The molecule has 1 amide bonds. The molecule has 1 aliphatic rings. The standard InChI is InChI=1S/C22H27N3O3/c1-2-28-22(27)19-10-6-7-11-20(19)23-13-12-21(26)25-16-14-24(15-17-25)18-8-4-3-5-9-18/h3-11,23H,2,12-17H2,1H3. The Labute approximate surface area is 166 Å². The van der Waals surface area contributed by atoms with Crippen molar-refractivity contribution < 1.29 is 14.3 Å². The lowest BCUT2D eigenvalue weighted by atomic mass is 10.1. The molecule has 0 atom stereocenters. The average molecular weight is 381 g/mol. The predicted molar refractivity (Wildman–Crippen MR) is 111 cm³/mol. The van der Waals surface area contributed by atoms with Crippen LogP contribution in [0.3, 0.4) is 0 Å². The molecule has 0 saturated carbocycles. The zero-order chi connectivity index (χ0) is 19.8. The van der Waals surface area contributed by atoms with Gasteiger partial charge in [-0.2, -0.15) is 0 Å². The summed E-state index contributed by atoms with van der Waals surface area (Å²) in [6, 6.07) is 17.5. The Morgan fingerprint density at radius 1 is 0.964 bits per heavy atom. The Kier molecular flexibility index (Phi) is 6.89. The van der Waals surface area contributed by atoms with Crippen LogP contribution in [0.25, 0.3) is 0 Å². The molecule has 148 valence electrons. The molecule has 6 heteroatoms. The van der Waals surface area contributed by atoms with E-state index in [2.05, 4.69) is 22.3 Å². The van der Waals surface area contributed by atoms with E-state index in [1.807, 2.05) is 35.2 Å². The molecule has 0 bridgehead atoms. The van der Waals surface area contributed by atoms with E-state index in [1.54, 1.807) is 19.1 Å². The van der Waals surface area contributed by atoms with Crippen molar-refractivity contribution in [1.29, 1.82) is 0 Å². The van der Waals surface area contributed by atoms with Crippen molar-refractivity contribution >= 4 is 23.3 Å². The molecule has 0 spiro atoms. The fourth-order valence-electron chi connectivity index (χ4n) is 3.34. The fourth-order valence-corrected chi connectivity index (χ4v) is 3.34. The number of nitrogens with zero attached hydrogens (tertiary/aromatic N) is 2. The minimum Gasteiger partial charge on any atom is -0.462 e. The van der Waals surface area contributed by atoms with Gasteiger partial charge < -0.3 is 19.9 Å². The highest BCUT2D eigenvalue weighted by molar-refractivity contribution is 5.95. The molecule has 2 aromatic carbocycles. The molecule has 6 nitrogen and oxygen atoms in total. The summed E-state index contributed by atoms with van der Waals surface area (Å²) in [5.74, 6) is -0.220. The van der Waals surface area contributed by atoms with Crippen molar-refractivity contribution in [3.63, 3.8) is 0 Å². The number of benzene rings is 2. The lowest BCUT2D eigenvalue weighted by Gasteiger charge is -2.36. The first-order chi connectivity index (χ1) is 13.7. The summed E-state index contributed by atoms with van der Waals surface area (Å²) in [5, 5.41) is 3.20. The van der Waals surface area contributed by atoms with E-state index in [-0.39, 0.29) is 11.9 Å². The number of hydrogen-bond donors (Lipinski definition) is 1. The molecule has 1 fully saturated rings. The minimum absolute atomic E-state index is 0.133. The maximum absolute atomic E-state index is 12.5. The highest BCUT2D eigenvalue weighted by atomic mass is 16.5. The van der Waals surface area contributed by atoms with Crippen LogP contribution in [-0.2, 0) is 9.53 Å². The summed E-state index contributed by atoms with van der Waals surface area (Å²) in [7, 11) is 0. The molecule has 1 heterocycles. The predicted octanol–water partition coefficient (Wildman–Crippen LogP) is 3.01. The van der Waals surface area contributed by atoms with Crippen LogP contribution in [0.5, 0.6) is 0 Å². The van der Waals surface area contributed by atoms with E-state index in [4.69, 9.17) is 4.74 Å². The van der Waals surface area contributed by atoms with Crippen molar-refractivity contribution in [3.05, 3.63) is 60.2 Å². The van der Waals surface area contributed by atoms with Gasteiger partial charge in [0.05, 0.1) is 12.2 Å². The van der Waals surface area contributed by atoms with Gasteiger partial charge in [-0.15, -0.1) is 0 Å². The number of carbonyl (C=O) groups is 2. The maximum Gasteiger partial charge on any atom is 0.340 e. The van der Waals surface area contributed by atoms with Crippen molar-refractivity contribution in [2.45, 2.75) is 13.3 Å². The first kappa shape index (κ1) is 19.7. The molecule has 1 aliphatic heterocycles. The number of amides is 1. The number of ether oxygens (including phenoxy) is 1. The molecule has 0 radical (unpaired) electrons. The van der Waals surface area contributed by atoms with Gasteiger partial charge in [-0.3, -0.25) is 4.79 Å². The third-order valence-corrected chi connectivity index (χ3v) is 4.83. The van der Waals surface area contributed by atoms with Crippen LogP contribution in [0.4, 0.5) is 11.4 Å². The Morgan fingerprint density at radius 2 is 1.64 bits per heavy atom. The van der Waals surface area contributed by atoms with E-state index in [9.17, 15) is 9.59 Å². The largest absolute Gasteiger partial charge is 0.462 e. The van der Waals surface area contributed by atoms with Crippen LogP contribution in [0.2, 0.25) is 0 Å². The van der Waals surface area contributed by atoms with Crippen LogP contribution < -0.4 is 10.2 Å². The van der Waals surface area contributed by atoms with Crippen molar-refractivity contribution in [3.8, 4) is 0 Å². The molecular formula is C22H27N3O3. The van der Waals surface area contributed by atoms with E-state index >= 15 is 0 Å². The molecule has 2 aromatic rings. The van der Waals surface area contributed by atoms with Crippen LogP contribution >= 0.6 is 0 Å². The van der Waals surface area contributed by atoms with Crippen LogP contribution in [0.15, 0.2) is 54.6 Å². The Bertz CT molecular complexity index is 787. The van der Waals surface area contributed by atoms with E-state index in [0.29, 0.717) is 30.8 Å². The van der Waals surface area contributed by atoms with Gasteiger partial charge in [-0.1, -0.05) is 30.3 Å². The zero-order valence-corrected chi connectivity index (χ0v) is 16.3. The summed E-state index contributed by atoms with van der Waals surface area (Å²) < 4.78 is 5.08. The summed E-state index contributed by atoms with van der Waals surface area (Å²) >= 11 is 0. The van der Waals surface area contributed by atoms with Gasteiger partial charge in [0.15, 0.2) is 0 Å². The van der Waals surface area contributed by atoms with E-state index in [0.717, 1.165) is 26.2 Å². The second kappa shape index (κ2) is 9.78. The topological polar surface area (TPSA) is 61.9 Å². The quantitative estimate of drug-likeness (QED) is 0.747. The summed E-state index contributed by atoms with van der Waals surface area (Å²) in [4.78, 5) is 28.8. The molecule has 0 aliphatic carbocycles. The van der Waals surface area contributed by atoms with Crippen molar-refractivity contribution in [1.82, 2.24) is 4.90 Å². The van der Waals surface area contributed by atoms with Crippen molar-refractivity contribution in [2.24, 2.45) is 0 Å². The first-order valence-corrected chi connectivity index (χ1v) is 9.77. The van der Waals surface area contributed by atoms with Crippen molar-refractivity contribution in [2.75, 3.05) is 49.5 Å². The molecule has 3 rings (SSSR count). The smallest absolute Gasteiger partial charge is 0.340 e. The first-order valence-electron chi connectivity index (χ1n) is 9.77. The Hall–Kier alpha value is -3.02. The van der Waals surface area contributed by atoms with E-state index < -0.39 is 0 Å².